The van der Waals surface area contributed by atoms with E-state index in [1.807, 2.05) is 0 Å². The lowest BCUT2D eigenvalue weighted by atomic mass is 10.2. The van der Waals surface area contributed by atoms with Crippen LogP contribution < -0.4 is 5.32 Å². The maximum Gasteiger partial charge on any atom is 0.410 e. The van der Waals surface area contributed by atoms with Crippen molar-refractivity contribution in [1.29, 1.82) is 0 Å². The molecule has 9 nitrogen and oxygen atoms in total. The molecule has 0 radical (unpaired) electrons. The molecule has 1 saturated heterocycles. The van der Waals surface area contributed by atoms with Crippen LogP contribution in [0.25, 0.3) is 0 Å². The first-order valence-electron chi connectivity index (χ1n) is 9.51. The van der Waals surface area contributed by atoms with Crippen LogP contribution in [-0.4, -0.2) is 69.5 Å². The number of carbonyl (C=O) groups is 3. The first-order chi connectivity index (χ1) is 14.1. The lowest BCUT2D eigenvalue weighted by Gasteiger charge is -2.35. The molecule has 10 heteroatoms. The van der Waals surface area contributed by atoms with Crippen LogP contribution in [0.5, 0.6) is 0 Å². The van der Waals surface area contributed by atoms with Gasteiger partial charge >= 0.3 is 6.09 Å². The average molecular weight is 434 g/mol. The van der Waals surface area contributed by atoms with Gasteiger partial charge in [0.25, 0.3) is 11.8 Å². The summed E-state index contributed by atoms with van der Waals surface area (Å²) in [5, 5.41) is 3.24. The van der Waals surface area contributed by atoms with Crippen molar-refractivity contribution in [2.75, 3.05) is 31.5 Å². The van der Waals surface area contributed by atoms with E-state index in [1.54, 1.807) is 54.8 Å². The minimum atomic E-state index is -0.577. The molecular formula is C20H24ClN5O4. The largest absolute Gasteiger partial charge is 0.444 e. The molecule has 0 spiro atoms. The average Bonchev–Trinajstić information content (AvgIpc) is 3.18. The van der Waals surface area contributed by atoms with E-state index in [9.17, 15) is 14.4 Å². The summed E-state index contributed by atoms with van der Waals surface area (Å²) < 4.78 is 5.37. The molecule has 160 valence electrons. The third-order valence-corrected chi connectivity index (χ3v) is 4.64. The summed E-state index contributed by atoms with van der Waals surface area (Å²) in [4.78, 5) is 47.6. The fraction of sp³-hybridized carbons (Fsp3) is 0.400. The van der Waals surface area contributed by atoms with Crippen molar-refractivity contribution in [3.8, 4) is 0 Å². The van der Waals surface area contributed by atoms with Gasteiger partial charge in [0.1, 0.15) is 11.3 Å². The highest BCUT2D eigenvalue weighted by molar-refractivity contribution is 6.30. The van der Waals surface area contributed by atoms with Crippen LogP contribution in [0, 0.1) is 0 Å². The van der Waals surface area contributed by atoms with Gasteiger partial charge in [-0.15, -0.1) is 0 Å². The minimum Gasteiger partial charge on any atom is -0.444 e. The second-order valence-corrected chi connectivity index (χ2v) is 8.28. The Kier molecular flexibility index (Phi) is 6.31. The Morgan fingerprint density at radius 2 is 1.67 bits per heavy atom. The van der Waals surface area contributed by atoms with Gasteiger partial charge in [0.05, 0.1) is 6.33 Å². The van der Waals surface area contributed by atoms with E-state index >= 15 is 0 Å². The van der Waals surface area contributed by atoms with Crippen LogP contribution >= 0.6 is 11.6 Å². The Balaban J connectivity index is 1.62. The number of imidazole rings is 1. The molecule has 3 rings (SSSR count). The number of aromatic nitrogens is 2. The summed E-state index contributed by atoms with van der Waals surface area (Å²) >= 11 is 5.85. The number of aromatic amines is 1. The SMILES string of the molecule is CC(C)(C)OC(=O)N1CCN(C(=O)c2[nH]cnc2C(=O)Nc2ccc(Cl)cc2)CC1. The molecule has 2 N–H and O–H groups in total. The third-order valence-electron chi connectivity index (χ3n) is 4.39. The van der Waals surface area contributed by atoms with Gasteiger partial charge in [-0.3, -0.25) is 9.59 Å². The first-order valence-corrected chi connectivity index (χ1v) is 9.89. The van der Waals surface area contributed by atoms with Crippen molar-refractivity contribution in [3.05, 3.63) is 47.0 Å². The quantitative estimate of drug-likeness (QED) is 0.773. The summed E-state index contributed by atoms with van der Waals surface area (Å²) in [7, 11) is 0. The van der Waals surface area contributed by atoms with Gasteiger partial charge in [-0.05, 0) is 45.0 Å². The Morgan fingerprint density at radius 1 is 1.07 bits per heavy atom. The maximum atomic E-state index is 12.9. The number of amides is 3. The van der Waals surface area contributed by atoms with Crippen LogP contribution in [0.4, 0.5) is 10.5 Å². The van der Waals surface area contributed by atoms with Crippen molar-refractivity contribution in [1.82, 2.24) is 19.8 Å². The molecule has 0 atom stereocenters. The van der Waals surface area contributed by atoms with Crippen molar-refractivity contribution in [3.63, 3.8) is 0 Å². The standard InChI is InChI=1S/C20H24ClN5O4/c1-20(2,3)30-19(29)26-10-8-25(9-11-26)18(28)16-15(22-12-23-16)17(27)24-14-6-4-13(21)5-7-14/h4-7,12H,8-11H2,1-3H3,(H,22,23)(H,24,27). The van der Waals surface area contributed by atoms with Crippen molar-refractivity contribution in [2.45, 2.75) is 26.4 Å². The summed E-state index contributed by atoms with van der Waals surface area (Å²) in [6.07, 6.45) is 0.903. The number of benzene rings is 1. The number of hydrogen-bond acceptors (Lipinski definition) is 5. The van der Waals surface area contributed by atoms with Crippen LogP contribution in [-0.2, 0) is 4.74 Å². The smallest absolute Gasteiger partial charge is 0.410 e. The molecule has 1 aromatic carbocycles. The van der Waals surface area contributed by atoms with Gasteiger partial charge < -0.3 is 24.8 Å². The van der Waals surface area contributed by atoms with Gasteiger partial charge in [0.2, 0.25) is 0 Å². The number of anilines is 1. The van der Waals surface area contributed by atoms with Gasteiger partial charge in [0, 0.05) is 36.9 Å². The Hall–Kier alpha value is -3.07. The molecule has 1 fully saturated rings. The zero-order valence-corrected chi connectivity index (χ0v) is 17.8. The van der Waals surface area contributed by atoms with E-state index in [1.165, 1.54) is 6.33 Å². The first kappa shape index (κ1) is 21.6. The number of rotatable bonds is 3. The number of ether oxygens (including phenoxy) is 1. The van der Waals surface area contributed by atoms with Gasteiger partial charge in [-0.25, -0.2) is 9.78 Å². The Morgan fingerprint density at radius 3 is 2.27 bits per heavy atom. The van der Waals surface area contributed by atoms with Crippen LogP contribution in [0.3, 0.4) is 0 Å². The molecule has 3 amide bonds. The third kappa shape index (κ3) is 5.29. The lowest BCUT2D eigenvalue weighted by Crippen LogP contribution is -2.51. The van der Waals surface area contributed by atoms with E-state index in [4.69, 9.17) is 16.3 Å². The number of nitrogens with zero attached hydrogens (tertiary/aromatic N) is 3. The van der Waals surface area contributed by atoms with Crippen molar-refractivity contribution in [2.24, 2.45) is 0 Å². The molecule has 0 unspecified atom stereocenters. The molecular weight excluding hydrogens is 410 g/mol. The van der Waals surface area contributed by atoms with E-state index in [2.05, 4.69) is 15.3 Å². The molecule has 1 aliphatic heterocycles. The second kappa shape index (κ2) is 8.74. The zero-order valence-electron chi connectivity index (χ0n) is 17.1. The monoisotopic (exact) mass is 433 g/mol. The van der Waals surface area contributed by atoms with Crippen LogP contribution in [0.15, 0.2) is 30.6 Å². The van der Waals surface area contributed by atoms with Crippen molar-refractivity contribution >= 4 is 35.2 Å². The lowest BCUT2D eigenvalue weighted by molar-refractivity contribution is 0.0140. The molecule has 30 heavy (non-hydrogen) atoms. The minimum absolute atomic E-state index is 0.00419. The number of piperazine rings is 1. The van der Waals surface area contributed by atoms with Crippen LogP contribution in [0.2, 0.25) is 5.02 Å². The van der Waals surface area contributed by atoms with E-state index in [0.29, 0.717) is 36.9 Å². The predicted octanol–water partition coefficient (Wildman–Crippen LogP) is 3.01. The normalized spacial score (nSPS) is 14.4. The van der Waals surface area contributed by atoms with Crippen molar-refractivity contribution < 1.29 is 19.1 Å². The van der Waals surface area contributed by atoms with E-state index < -0.39 is 17.6 Å². The molecule has 0 aliphatic carbocycles. The highest BCUT2D eigenvalue weighted by Gasteiger charge is 2.30. The fourth-order valence-electron chi connectivity index (χ4n) is 2.93. The summed E-state index contributed by atoms with van der Waals surface area (Å²) in [6, 6.07) is 6.62. The maximum absolute atomic E-state index is 12.9. The molecule has 1 aliphatic rings. The predicted molar refractivity (Wildman–Crippen MR) is 112 cm³/mol. The highest BCUT2D eigenvalue weighted by atomic mass is 35.5. The van der Waals surface area contributed by atoms with E-state index in [0.717, 1.165) is 0 Å². The highest BCUT2D eigenvalue weighted by Crippen LogP contribution is 2.17. The molecule has 1 aromatic heterocycles. The van der Waals surface area contributed by atoms with E-state index in [-0.39, 0.29) is 17.3 Å². The molecule has 2 heterocycles. The summed E-state index contributed by atoms with van der Waals surface area (Å²) in [5.41, 5.74) is 0.0697. The Bertz CT molecular complexity index is 927. The summed E-state index contributed by atoms with van der Waals surface area (Å²) in [6.45, 7) is 6.77. The van der Waals surface area contributed by atoms with Gasteiger partial charge in [-0.2, -0.15) is 0 Å². The fourth-order valence-corrected chi connectivity index (χ4v) is 3.06. The molecule has 0 saturated carbocycles. The topological polar surface area (TPSA) is 108 Å². The number of carbonyl (C=O) groups excluding carboxylic acids is 3. The Labute approximate surface area is 179 Å². The van der Waals surface area contributed by atoms with Gasteiger partial charge in [-0.1, -0.05) is 11.6 Å². The molecule has 2 aromatic rings. The number of hydrogen-bond donors (Lipinski definition) is 2. The zero-order chi connectivity index (χ0) is 21.9. The van der Waals surface area contributed by atoms with Gasteiger partial charge in [0.15, 0.2) is 5.69 Å². The number of nitrogens with one attached hydrogen (secondary N) is 2. The number of H-pyrrole nitrogens is 1. The number of halogens is 1. The second-order valence-electron chi connectivity index (χ2n) is 7.85. The van der Waals surface area contributed by atoms with Crippen LogP contribution in [0.1, 0.15) is 41.7 Å². The summed E-state index contributed by atoms with van der Waals surface area (Å²) in [5.74, 6) is -0.855. The molecule has 0 bridgehead atoms.